The molecule has 2 heterocycles. The number of aryl methyl sites for hydroxylation is 1. The Labute approximate surface area is 176 Å². The minimum absolute atomic E-state index is 0.124. The van der Waals surface area contributed by atoms with E-state index < -0.39 is 11.7 Å². The minimum Gasteiger partial charge on any atom is -0.487 e. The van der Waals surface area contributed by atoms with Crippen LogP contribution in [0, 0.1) is 12.7 Å². The standard InChI is InChI=1S/C21H16FN3O2S2/c1-13-23-15(12-29-13)11-27-16-8-6-14(7-9-16)10-18-20(26)25(21(28)24-18)19-5-3-2-4-17(19)22/h2-10,12H,11H2,1H3,(H,24,28). The number of hydrogen-bond donors (Lipinski definition) is 1. The number of rotatable bonds is 5. The summed E-state index contributed by atoms with van der Waals surface area (Å²) in [5, 5.41) is 5.97. The van der Waals surface area contributed by atoms with Crippen molar-refractivity contribution in [3.8, 4) is 5.75 Å². The van der Waals surface area contributed by atoms with Crippen molar-refractivity contribution in [1.29, 1.82) is 0 Å². The molecule has 5 nitrogen and oxygen atoms in total. The van der Waals surface area contributed by atoms with Crippen molar-refractivity contribution in [1.82, 2.24) is 10.3 Å². The summed E-state index contributed by atoms with van der Waals surface area (Å²) in [7, 11) is 0. The van der Waals surface area contributed by atoms with Crippen LogP contribution in [0.1, 0.15) is 16.3 Å². The fourth-order valence-electron chi connectivity index (χ4n) is 2.85. The first-order chi connectivity index (χ1) is 14.0. The molecular formula is C21H16FN3O2S2. The predicted molar refractivity (Wildman–Crippen MR) is 115 cm³/mol. The van der Waals surface area contributed by atoms with Gasteiger partial charge in [0.1, 0.15) is 23.9 Å². The van der Waals surface area contributed by atoms with Gasteiger partial charge in [0.2, 0.25) is 0 Å². The van der Waals surface area contributed by atoms with Crippen LogP contribution >= 0.6 is 23.6 Å². The highest BCUT2D eigenvalue weighted by Crippen LogP contribution is 2.25. The Morgan fingerprint density at radius 3 is 2.69 bits per heavy atom. The minimum atomic E-state index is -0.511. The average molecular weight is 426 g/mol. The Bertz CT molecular complexity index is 1110. The zero-order chi connectivity index (χ0) is 20.4. The number of anilines is 1. The summed E-state index contributed by atoms with van der Waals surface area (Å²) in [5.74, 6) is -0.214. The first-order valence-electron chi connectivity index (χ1n) is 8.77. The number of nitrogens with zero attached hydrogens (tertiary/aromatic N) is 2. The number of hydrogen-bond acceptors (Lipinski definition) is 5. The van der Waals surface area contributed by atoms with E-state index in [1.165, 1.54) is 12.1 Å². The zero-order valence-corrected chi connectivity index (χ0v) is 17.0. The van der Waals surface area contributed by atoms with Gasteiger partial charge < -0.3 is 10.1 Å². The molecule has 1 aliphatic rings. The third-order valence-electron chi connectivity index (χ3n) is 4.22. The molecule has 2 aromatic carbocycles. The van der Waals surface area contributed by atoms with Crippen molar-refractivity contribution in [2.45, 2.75) is 13.5 Å². The van der Waals surface area contributed by atoms with Gasteiger partial charge in [0.05, 0.1) is 16.4 Å². The number of thiazole rings is 1. The van der Waals surface area contributed by atoms with Crippen LogP contribution in [0.15, 0.2) is 59.6 Å². The van der Waals surface area contributed by atoms with E-state index in [4.69, 9.17) is 17.0 Å². The SMILES string of the molecule is Cc1nc(COc2ccc(C=C3NC(=S)N(c4ccccc4F)C3=O)cc2)cs1. The lowest BCUT2D eigenvalue weighted by atomic mass is 10.2. The van der Waals surface area contributed by atoms with Crippen molar-refractivity contribution in [3.05, 3.63) is 81.7 Å². The number of carbonyl (C=O) groups is 1. The van der Waals surface area contributed by atoms with Crippen LogP contribution in [-0.2, 0) is 11.4 Å². The molecule has 1 amide bonds. The molecule has 4 rings (SSSR count). The van der Waals surface area contributed by atoms with Crippen LogP contribution in [0.3, 0.4) is 0 Å². The molecule has 0 radical (unpaired) electrons. The monoisotopic (exact) mass is 425 g/mol. The summed E-state index contributed by atoms with van der Waals surface area (Å²) in [5.41, 5.74) is 2.08. The molecule has 1 saturated heterocycles. The maximum Gasteiger partial charge on any atom is 0.281 e. The van der Waals surface area contributed by atoms with Crippen molar-refractivity contribution < 1.29 is 13.9 Å². The third-order valence-corrected chi connectivity index (χ3v) is 5.32. The van der Waals surface area contributed by atoms with Gasteiger partial charge in [0, 0.05) is 5.38 Å². The molecule has 29 heavy (non-hydrogen) atoms. The highest BCUT2D eigenvalue weighted by molar-refractivity contribution is 7.80. The number of thiocarbonyl (C=S) groups is 1. The molecule has 146 valence electrons. The molecule has 0 atom stereocenters. The summed E-state index contributed by atoms with van der Waals surface area (Å²) in [6, 6.07) is 13.3. The number of ether oxygens (including phenoxy) is 1. The van der Waals surface area contributed by atoms with Crippen LogP contribution in [0.25, 0.3) is 6.08 Å². The van der Waals surface area contributed by atoms with Gasteiger partial charge in [0.25, 0.3) is 5.91 Å². The zero-order valence-electron chi connectivity index (χ0n) is 15.4. The van der Waals surface area contributed by atoms with Gasteiger partial charge in [-0.3, -0.25) is 4.79 Å². The summed E-state index contributed by atoms with van der Waals surface area (Å²) < 4.78 is 19.8. The van der Waals surface area contributed by atoms with Crippen LogP contribution in [0.4, 0.5) is 10.1 Å². The number of halogens is 1. The van der Waals surface area contributed by atoms with Gasteiger partial charge >= 0.3 is 0 Å². The normalized spacial score (nSPS) is 15.1. The third kappa shape index (κ3) is 4.18. The average Bonchev–Trinajstić information content (AvgIpc) is 3.25. The fraction of sp³-hybridized carbons (Fsp3) is 0.0952. The highest BCUT2D eigenvalue weighted by Gasteiger charge is 2.33. The Hall–Kier alpha value is -3.10. The molecule has 1 N–H and O–H groups in total. The number of benzene rings is 2. The van der Waals surface area contributed by atoms with Gasteiger partial charge in [0.15, 0.2) is 5.11 Å². The molecule has 1 fully saturated rings. The maximum absolute atomic E-state index is 14.1. The Kier molecular flexibility index (Phi) is 5.37. The molecule has 0 unspecified atom stereocenters. The molecule has 3 aromatic rings. The van der Waals surface area contributed by atoms with Gasteiger partial charge in [-0.15, -0.1) is 11.3 Å². The number of carbonyl (C=O) groups excluding carboxylic acids is 1. The Morgan fingerprint density at radius 2 is 2.00 bits per heavy atom. The van der Waals surface area contributed by atoms with Crippen molar-refractivity contribution in [3.63, 3.8) is 0 Å². The number of amides is 1. The smallest absolute Gasteiger partial charge is 0.281 e. The van der Waals surface area contributed by atoms with E-state index in [1.807, 2.05) is 36.6 Å². The number of nitrogens with one attached hydrogen (secondary N) is 1. The molecular weight excluding hydrogens is 409 g/mol. The quantitative estimate of drug-likeness (QED) is 0.484. The molecule has 0 spiro atoms. The molecule has 0 saturated carbocycles. The van der Waals surface area contributed by atoms with E-state index in [0.717, 1.165) is 21.2 Å². The van der Waals surface area contributed by atoms with E-state index in [1.54, 1.807) is 29.5 Å². The molecule has 1 aromatic heterocycles. The van der Waals surface area contributed by atoms with E-state index in [-0.39, 0.29) is 16.5 Å². The molecule has 0 bridgehead atoms. The van der Waals surface area contributed by atoms with E-state index in [9.17, 15) is 9.18 Å². The summed E-state index contributed by atoms with van der Waals surface area (Å²) in [4.78, 5) is 18.2. The lowest BCUT2D eigenvalue weighted by Gasteiger charge is -2.14. The van der Waals surface area contributed by atoms with Crippen LogP contribution in [0.2, 0.25) is 0 Å². The van der Waals surface area contributed by atoms with E-state index in [0.29, 0.717) is 12.4 Å². The highest BCUT2D eigenvalue weighted by atomic mass is 32.1. The van der Waals surface area contributed by atoms with E-state index >= 15 is 0 Å². The van der Waals surface area contributed by atoms with Crippen molar-refractivity contribution in [2.75, 3.05) is 4.90 Å². The van der Waals surface area contributed by atoms with Crippen molar-refractivity contribution in [2.24, 2.45) is 0 Å². The number of aromatic nitrogens is 1. The fourth-order valence-corrected chi connectivity index (χ4v) is 3.73. The Balaban J connectivity index is 1.47. The summed E-state index contributed by atoms with van der Waals surface area (Å²) >= 11 is 6.80. The second-order valence-electron chi connectivity index (χ2n) is 6.30. The summed E-state index contributed by atoms with van der Waals surface area (Å²) in [6.45, 7) is 2.35. The van der Waals surface area contributed by atoms with E-state index in [2.05, 4.69) is 10.3 Å². The van der Waals surface area contributed by atoms with Gasteiger partial charge in [-0.1, -0.05) is 24.3 Å². The first kappa shape index (κ1) is 19.2. The lowest BCUT2D eigenvalue weighted by molar-refractivity contribution is -0.113. The van der Waals surface area contributed by atoms with Gasteiger partial charge in [-0.2, -0.15) is 0 Å². The lowest BCUT2D eigenvalue weighted by Crippen LogP contribution is -2.31. The molecule has 0 aliphatic carbocycles. The second kappa shape index (κ2) is 8.10. The van der Waals surface area contributed by atoms with Crippen molar-refractivity contribution >= 4 is 46.3 Å². The molecule has 1 aliphatic heterocycles. The molecule has 8 heteroatoms. The first-order valence-corrected chi connectivity index (χ1v) is 10.1. The second-order valence-corrected chi connectivity index (χ2v) is 7.74. The van der Waals surface area contributed by atoms with Crippen LogP contribution < -0.4 is 15.0 Å². The van der Waals surface area contributed by atoms with Crippen LogP contribution in [-0.4, -0.2) is 16.0 Å². The maximum atomic E-state index is 14.1. The topological polar surface area (TPSA) is 54.5 Å². The largest absolute Gasteiger partial charge is 0.487 e. The van der Waals surface area contributed by atoms with Gasteiger partial charge in [-0.25, -0.2) is 14.3 Å². The predicted octanol–water partition coefficient (Wildman–Crippen LogP) is 4.43. The number of para-hydroxylation sites is 1. The van der Waals surface area contributed by atoms with Gasteiger partial charge in [-0.05, 0) is 55.0 Å². The Morgan fingerprint density at radius 1 is 1.24 bits per heavy atom. The van der Waals surface area contributed by atoms with Crippen LogP contribution in [0.5, 0.6) is 5.75 Å². The summed E-state index contributed by atoms with van der Waals surface area (Å²) in [6.07, 6.45) is 1.67.